The van der Waals surface area contributed by atoms with Crippen LogP contribution in [0.25, 0.3) is 0 Å². The Kier molecular flexibility index (Phi) is 7.28. The highest BCUT2D eigenvalue weighted by atomic mass is 32.2. The van der Waals surface area contributed by atoms with Crippen LogP contribution in [-0.2, 0) is 9.59 Å². The van der Waals surface area contributed by atoms with Gasteiger partial charge in [0, 0.05) is 6.54 Å². The fraction of sp³-hybridized carbons (Fsp3) is 0.857. The molecular weight excluding hydrogens is 260 g/mol. The number of hydrogen-bond donors (Lipinski definition) is 1. The van der Waals surface area contributed by atoms with Crippen LogP contribution < -0.4 is 5.32 Å². The largest absolute Gasteiger partial charge is 0.343 e. The maximum absolute atomic E-state index is 12.4. The second-order valence-corrected chi connectivity index (χ2v) is 6.25. The van der Waals surface area contributed by atoms with E-state index in [-0.39, 0.29) is 23.9 Å². The van der Waals surface area contributed by atoms with Gasteiger partial charge in [0.2, 0.25) is 11.8 Å². The Morgan fingerprint density at radius 3 is 2.58 bits per heavy atom. The maximum Gasteiger partial charge on any atom is 0.245 e. The first-order chi connectivity index (χ1) is 9.15. The summed E-state index contributed by atoms with van der Waals surface area (Å²) in [6.07, 6.45) is 3.30. The second kappa shape index (κ2) is 8.46. The van der Waals surface area contributed by atoms with E-state index in [9.17, 15) is 9.59 Å². The van der Waals surface area contributed by atoms with E-state index in [1.54, 1.807) is 4.90 Å². The van der Waals surface area contributed by atoms with Gasteiger partial charge in [-0.3, -0.25) is 9.59 Å². The normalized spacial score (nSPS) is 23.6. The minimum Gasteiger partial charge on any atom is -0.343 e. The van der Waals surface area contributed by atoms with Gasteiger partial charge >= 0.3 is 0 Å². The van der Waals surface area contributed by atoms with E-state index in [0.717, 1.165) is 30.8 Å². The summed E-state index contributed by atoms with van der Waals surface area (Å²) >= 11 is 1.88. The van der Waals surface area contributed by atoms with Crippen molar-refractivity contribution in [3.63, 3.8) is 0 Å². The van der Waals surface area contributed by atoms with Crippen molar-refractivity contribution < 1.29 is 9.59 Å². The molecule has 1 aliphatic rings. The summed E-state index contributed by atoms with van der Waals surface area (Å²) in [6, 6.07) is -0.577. The number of rotatable bonds is 8. The first-order valence-electron chi connectivity index (χ1n) is 7.34. The molecule has 1 aliphatic heterocycles. The number of amides is 2. The van der Waals surface area contributed by atoms with E-state index >= 15 is 0 Å². The van der Waals surface area contributed by atoms with Crippen molar-refractivity contribution in [1.29, 1.82) is 0 Å². The van der Waals surface area contributed by atoms with Crippen molar-refractivity contribution >= 4 is 23.6 Å². The van der Waals surface area contributed by atoms with E-state index in [4.69, 9.17) is 0 Å². The average Bonchev–Trinajstić information content (AvgIpc) is 2.40. The molecule has 1 saturated heterocycles. The standard InChI is InChI=1S/C14H26N2O2S/c1-4-8-11-14(18)16(9-7-10-19-6-3)12(5-2)13(17)15-11/h11-12H,4-10H2,1-3H3,(H,15,17). The molecule has 0 bridgehead atoms. The predicted molar refractivity (Wildman–Crippen MR) is 80.2 cm³/mol. The number of hydrogen-bond acceptors (Lipinski definition) is 3. The van der Waals surface area contributed by atoms with Crippen LogP contribution in [0.2, 0.25) is 0 Å². The molecule has 0 aromatic rings. The van der Waals surface area contributed by atoms with E-state index < -0.39 is 0 Å². The highest BCUT2D eigenvalue weighted by Crippen LogP contribution is 2.17. The number of thioether (sulfide) groups is 1. The topological polar surface area (TPSA) is 49.4 Å². The molecule has 110 valence electrons. The maximum atomic E-state index is 12.4. The Morgan fingerprint density at radius 1 is 1.26 bits per heavy atom. The minimum absolute atomic E-state index is 0.0173. The predicted octanol–water partition coefficient (Wildman–Crippen LogP) is 2.04. The number of piperazine rings is 1. The lowest BCUT2D eigenvalue weighted by Crippen LogP contribution is -2.63. The van der Waals surface area contributed by atoms with Crippen LogP contribution in [0, 0.1) is 0 Å². The van der Waals surface area contributed by atoms with Crippen LogP contribution in [0.15, 0.2) is 0 Å². The van der Waals surface area contributed by atoms with Gasteiger partial charge in [-0.05, 0) is 30.8 Å². The summed E-state index contributed by atoms with van der Waals surface area (Å²) in [5.41, 5.74) is 0. The Hall–Kier alpha value is -0.710. The van der Waals surface area contributed by atoms with Crippen LogP contribution >= 0.6 is 11.8 Å². The number of carbonyl (C=O) groups excluding carboxylic acids is 2. The molecule has 0 aliphatic carbocycles. The number of nitrogens with one attached hydrogen (secondary N) is 1. The molecule has 0 radical (unpaired) electrons. The number of carbonyl (C=O) groups is 2. The lowest BCUT2D eigenvalue weighted by atomic mass is 10.0. The van der Waals surface area contributed by atoms with Crippen molar-refractivity contribution in [3.05, 3.63) is 0 Å². The Labute approximate surface area is 120 Å². The van der Waals surface area contributed by atoms with Crippen molar-refractivity contribution in [3.8, 4) is 0 Å². The van der Waals surface area contributed by atoms with Gasteiger partial charge in [-0.1, -0.05) is 27.2 Å². The van der Waals surface area contributed by atoms with E-state index in [0.29, 0.717) is 13.0 Å². The molecular formula is C14H26N2O2S. The van der Waals surface area contributed by atoms with Crippen LogP contribution in [0.4, 0.5) is 0 Å². The van der Waals surface area contributed by atoms with E-state index in [1.807, 2.05) is 25.6 Å². The lowest BCUT2D eigenvalue weighted by molar-refractivity contribution is -0.149. The van der Waals surface area contributed by atoms with Gasteiger partial charge < -0.3 is 10.2 Å². The summed E-state index contributed by atoms with van der Waals surface area (Å²) in [5.74, 6) is 2.28. The third-order valence-corrected chi connectivity index (χ3v) is 4.42. The fourth-order valence-corrected chi connectivity index (χ4v) is 3.08. The first-order valence-corrected chi connectivity index (χ1v) is 8.49. The van der Waals surface area contributed by atoms with Gasteiger partial charge in [-0.2, -0.15) is 11.8 Å². The molecule has 1 heterocycles. The lowest BCUT2D eigenvalue weighted by Gasteiger charge is -2.38. The molecule has 4 nitrogen and oxygen atoms in total. The van der Waals surface area contributed by atoms with Crippen molar-refractivity contribution in [1.82, 2.24) is 10.2 Å². The van der Waals surface area contributed by atoms with E-state index in [1.165, 1.54) is 0 Å². The molecule has 2 unspecified atom stereocenters. The van der Waals surface area contributed by atoms with E-state index in [2.05, 4.69) is 12.2 Å². The number of nitrogens with zero attached hydrogens (tertiary/aromatic N) is 1. The van der Waals surface area contributed by atoms with Gasteiger partial charge in [-0.15, -0.1) is 0 Å². The molecule has 1 rings (SSSR count). The van der Waals surface area contributed by atoms with Gasteiger partial charge in [0.15, 0.2) is 0 Å². The monoisotopic (exact) mass is 286 g/mol. The Morgan fingerprint density at radius 2 is 2.00 bits per heavy atom. The molecule has 0 saturated carbocycles. The van der Waals surface area contributed by atoms with Crippen LogP contribution in [0.5, 0.6) is 0 Å². The fourth-order valence-electron chi connectivity index (χ4n) is 2.46. The summed E-state index contributed by atoms with van der Waals surface area (Å²) in [4.78, 5) is 26.2. The SMILES string of the molecule is CCCC1NC(=O)C(CC)N(CCCSCC)C1=O. The minimum atomic E-state index is -0.306. The third-order valence-electron chi connectivity index (χ3n) is 3.43. The molecule has 2 atom stereocenters. The molecule has 1 N–H and O–H groups in total. The smallest absolute Gasteiger partial charge is 0.245 e. The quantitative estimate of drug-likeness (QED) is 0.695. The Bertz CT molecular complexity index is 310. The highest BCUT2D eigenvalue weighted by Gasteiger charge is 2.38. The third kappa shape index (κ3) is 4.41. The molecule has 1 fully saturated rings. The summed E-state index contributed by atoms with van der Waals surface area (Å²) in [5, 5.41) is 2.86. The molecule has 0 aromatic carbocycles. The van der Waals surface area contributed by atoms with Crippen molar-refractivity contribution in [2.75, 3.05) is 18.1 Å². The van der Waals surface area contributed by atoms with Crippen LogP contribution in [0.1, 0.15) is 46.5 Å². The van der Waals surface area contributed by atoms with Crippen LogP contribution in [0.3, 0.4) is 0 Å². The molecule has 0 spiro atoms. The molecule has 5 heteroatoms. The summed E-state index contributed by atoms with van der Waals surface area (Å²) in [7, 11) is 0. The second-order valence-electron chi connectivity index (χ2n) is 4.86. The summed E-state index contributed by atoms with van der Waals surface area (Å²) < 4.78 is 0. The van der Waals surface area contributed by atoms with Crippen molar-refractivity contribution in [2.45, 2.75) is 58.5 Å². The van der Waals surface area contributed by atoms with Gasteiger partial charge in [0.1, 0.15) is 12.1 Å². The average molecular weight is 286 g/mol. The van der Waals surface area contributed by atoms with Crippen LogP contribution in [-0.4, -0.2) is 46.8 Å². The Balaban J connectivity index is 2.64. The molecule has 2 amide bonds. The van der Waals surface area contributed by atoms with Gasteiger partial charge in [-0.25, -0.2) is 0 Å². The first kappa shape index (κ1) is 16.3. The van der Waals surface area contributed by atoms with Gasteiger partial charge in [0.25, 0.3) is 0 Å². The zero-order valence-corrected chi connectivity index (χ0v) is 13.1. The zero-order valence-electron chi connectivity index (χ0n) is 12.3. The zero-order chi connectivity index (χ0) is 14.3. The molecule has 19 heavy (non-hydrogen) atoms. The van der Waals surface area contributed by atoms with Gasteiger partial charge in [0.05, 0.1) is 0 Å². The van der Waals surface area contributed by atoms with Crippen molar-refractivity contribution in [2.24, 2.45) is 0 Å². The molecule has 0 aromatic heterocycles. The summed E-state index contributed by atoms with van der Waals surface area (Å²) in [6.45, 7) is 6.84. The highest BCUT2D eigenvalue weighted by molar-refractivity contribution is 7.99.